The van der Waals surface area contributed by atoms with Crippen LogP contribution in [0, 0.1) is 6.92 Å². The Kier molecular flexibility index (Phi) is 8.06. The zero-order valence-electron chi connectivity index (χ0n) is 48.8. The van der Waals surface area contributed by atoms with Crippen LogP contribution in [0.3, 0.4) is 0 Å². The Hall–Kier alpha value is -7.04. The van der Waals surface area contributed by atoms with Crippen LogP contribution in [0.15, 0.2) is 170 Å². The molecule has 0 aliphatic heterocycles. The van der Waals surface area contributed by atoms with Gasteiger partial charge in [0.1, 0.15) is 11.6 Å². The van der Waals surface area contributed by atoms with E-state index in [1.165, 1.54) is 12.3 Å². The molecule has 324 valence electrons. The number of aryl methyl sites for hydroxylation is 1. The van der Waals surface area contributed by atoms with Gasteiger partial charge in [0.25, 0.3) is 0 Å². The number of phenolic OH excluding ortho intramolecular Hbond substituents is 1. The number of hydrogen-bond donors (Lipinski definition) is 1. The molecule has 4 heteroatoms. The molecule has 0 aliphatic carbocycles. The Morgan fingerprint density at radius 2 is 1.17 bits per heavy atom. The van der Waals surface area contributed by atoms with E-state index >= 15 is 0 Å². The molecule has 65 heavy (non-hydrogen) atoms. The van der Waals surface area contributed by atoms with Gasteiger partial charge in [-0.25, -0.2) is 4.98 Å². The summed E-state index contributed by atoms with van der Waals surface area (Å²) in [7, 11) is 0. The Labute approximate surface area is 400 Å². The van der Waals surface area contributed by atoms with Crippen LogP contribution in [-0.4, -0.2) is 19.6 Å². The monoisotopic (exact) mass is 861 g/mol. The van der Waals surface area contributed by atoms with Gasteiger partial charge in [-0.15, -0.1) is 0 Å². The van der Waals surface area contributed by atoms with E-state index in [1.54, 1.807) is 24.3 Å². The Bertz CT molecular complexity index is 3620. The van der Waals surface area contributed by atoms with Crippen molar-refractivity contribution < 1.29 is 20.2 Å². The third-order valence-electron chi connectivity index (χ3n) is 12.0. The summed E-state index contributed by atoms with van der Waals surface area (Å²) in [6.45, 7) is 2.94. The molecule has 0 bridgehead atoms. The quantitative estimate of drug-likeness (QED) is 0.174. The maximum Gasteiger partial charge on any atom is 0.149 e. The Morgan fingerprint density at radius 3 is 1.83 bits per heavy atom. The largest absolute Gasteiger partial charge is 0.507 e. The van der Waals surface area contributed by atoms with Crippen LogP contribution in [-0.2, 0) is 16.2 Å². The third kappa shape index (κ3) is 8.54. The van der Waals surface area contributed by atoms with Crippen molar-refractivity contribution in [1.29, 1.82) is 0 Å². The van der Waals surface area contributed by atoms with Gasteiger partial charge in [0.2, 0.25) is 0 Å². The molecular formula is C61H59N3O. The van der Waals surface area contributed by atoms with Crippen molar-refractivity contribution in [2.24, 2.45) is 0 Å². The molecule has 7 aromatic carbocycles. The minimum atomic E-state index is -3.80. The van der Waals surface area contributed by atoms with Crippen LogP contribution in [0.25, 0.3) is 83.9 Å². The molecule has 0 unspecified atom stereocenters. The molecule has 0 fully saturated rings. The topological polar surface area (TPSA) is 50.9 Å². The van der Waals surface area contributed by atoms with Gasteiger partial charge >= 0.3 is 0 Å². The number of aromatic hydroxyl groups is 1. The molecule has 2 aromatic heterocycles. The summed E-state index contributed by atoms with van der Waals surface area (Å²) in [6, 6.07) is 46.1. The van der Waals surface area contributed by atoms with E-state index in [-0.39, 0.29) is 39.1 Å². The first kappa shape index (κ1) is 31.7. The minimum absolute atomic E-state index is 0.00904. The summed E-state index contributed by atoms with van der Waals surface area (Å²) < 4.78 is 101. The van der Waals surface area contributed by atoms with Crippen LogP contribution in [0.1, 0.15) is 99.4 Å². The van der Waals surface area contributed by atoms with E-state index in [9.17, 15) is 7.85 Å². The van der Waals surface area contributed by atoms with Gasteiger partial charge in [-0.1, -0.05) is 183 Å². The van der Waals surface area contributed by atoms with E-state index in [4.69, 9.17) is 17.3 Å². The molecule has 9 aromatic rings. The van der Waals surface area contributed by atoms with Gasteiger partial charge in [-0.05, 0) is 116 Å². The molecule has 0 spiro atoms. The summed E-state index contributed by atoms with van der Waals surface area (Å²) in [5.41, 5.74) is 4.16. The van der Waals surface area contributed by atoms with Crippen molar-refractivity contribution in [3.63, 3.8) is 0 Å². The molecule has 4 nitrogen and oxygen atoms in total. The van der Waals surface area contributed by atoms with Crippen LogP contribution >= 0.6 is 0 Å². The number of rotatable bonds is 7. The number of benzene rings is 7. The smallest absolute Gasteiger partial charge is 0.149 e. The fourth-order valence-corrected chi connectivity index (χ4v) is 8.48. The zero-order chi connectivity index (χ0) is 55.1. The first-order valence-corrected chi connectivity index (χ1v) is 21.9. The van der Waals surface area contributed by atoms with Crippen LogP contribution in [0.2, 0.25) is 0 Å². The number of aromatic nitrogens is 3. The Balaban J connectivity index is 1.41. The predicted octanol–water partition coefficient (Wildman–Crippen LogP) is 16.3. The van der Waals surface area contributed by atoms with Gasteiger partial charge in [0.15, 0.2) is 0 Å². The Morgan fingerprint density at radius 1 is 0.523 bits per heavy atom. The minimum Gasteiger partial charge on any atom is -0.507 e. The summed E-state index contributed by atoms with van der Waals surface area (Å²) in [5, 5.41) is 12.6. The van der Waals surface area contributed by atoms with Crippen LogP contribution in [0.4, 0.5) is 0 Å². The maximum absolute atomic E-state index is 12.6. The molecule has 0 amide bonds. The van der Waals surface area contributed by atoms with E-state index in [0.29, 0.717) is 33.7 Å². The average molecular weight is 861 g/mol. The van der Waals surface area contributed by atoms with E-state index < -0.39 is 49.0 Å². The summed E-state index contributed by atoms with van der Waals surface area (Å²) in [5.74, 6) is 0.339. The van der Waals surface area contributed by atoms with Gasteiger partial charge in [0.05, 0.1) is 30.7 Å². The van der Waals surface area contributed by atoms with Crippen molar-refractivity contribution in [1.82, 2.24) is 14.5 Å². The van der Waals surface area contributed by atoms with E-state index in [1.807, 2.05) is 148 Å². The van der Waals surface area contributed by atoms with E-state index in [0.717, 1.165) is 38.9 Å². The molecule has 0 atom stereocenters. The molecule has 1 N–H and O–H groups in total. The van der Waals surface area contributed by atoms with Gasteiger partial charge < -0.3 is 5.11 Å². The molecule has 0 saturated carbocycles. The molecule has 9 rings (SSSR count). The van der Waals surface area contributed by atoms with Crippen molar-refractivity contribution in [2.75, 3.05) is 0 Å². The highest BCUT2D eigenvalue weighted by Gasteiger charge is 2.29. The van der Waals surface area contributed by atoms with Crippen molar-refractivity contribution in [3.05, 3.63) is 192 Å². The first-order valence-electron chi connectivity index (χ1n) is 27.4. The molecule has 0 saturated heterocycles. The summed E-state index contributed by atoms with van der Waals surface area (Å²) in [6.07, 6.45) is 1.51. The zero-order valence-corrected chi connectivity index (χ0v) is 37.8. The third-order valence-corrected chi connectivity index (χ3v) is 12.0. The number of nitrogens with zero attached hydrogens (tertiary/aromatic N) is 3. The first-order chi connectivity index (χ1) is 35.5. The number of fused-ring (bicyclic) bond motifs is 1. The molecular weight excluding hydrogens is 791 g/mol. The second-order valence-electron chi connectivity index (χ2n) is 19.0. The summed E-state index contributed by atoms with van der Waals surface area (Å²) in [4.78, 5) is 10.1. The number of pyridine rings is 1. The van der Waals surface area contributed by atoms with Crippen LogP contribution < -0.4 is 0 Å². The lowest BCUT2D eigenvalue weighted by Crippen LogP contribution is -2.17. The standard InChI is InChI=1S/C61H59N3O/c1-39-24-29-54(50(32-39)43-20-15-12-16-21-43)64-55-23-17-22-49(56(55)63-58(64)51-37-48(60(5,6)7)38-52(57(51)65)61(8,9)10)45-33-46(35-47(34-45)59(2,3)4)53-36-44(30-31-62-53)42-27-25-41(26-28-42)40-18-13-11-14-19-40/h11-38,65H,1-10H3/i2D3,3D3,4D3,34D,35D. The highest BCUT2D eigenvalue weighted by atomic mass is 16.3. The lowest BCUT2D eigenvalue weighted by atomic mass is 9.79. The number of imidazole rings is 1. The predicted molar refractivity (Wildman–Crippen MR) is 274 cm³/mol. The number of para-hydroxylation sites is 1. The lowest BCUT2D eigenvalue weighted by molar-refractivity contribution is 0.446. The molecule has 2 heterocycles. The highest BCUT2D eigenvalue weighted by molar-refractivity contribution is 5.98. The lowest BCUT2D eigenvalue weighted by Gasteiger charge is -2.27. The summed E-state index contributed by atoms with van der Waals surface area (Å²) >= 11 is 0. The van der Waals surface area contributed by atoms with Crippen molar-refractivity contribution in [2.45, 2.75) is 85.3 Å². The van der Waals surface area contributed by atoms with Gasteiger partial charge in [-0.3, -0.25) is 9.55 Å². The second kappa shape index (κ2) is 16.5. The van der Waals surface area contributed by atoms with Crippen molar-refractivity contribution in [3.8, 4) is 78.6 Å². The fourth-order valence-electron chi connectivity index (χ4n) is 8.48. The molecule has 0 aliphatic rings. The van der Waals surface area contributed by atoms with Crippen molar-refractivity contribution >= 4 is 11.0 Å². The second-order valence-corrected chi connectivity index (χ2v) is 19.0. The SMILES string of the molecule is [2H]c1c(-c2cc(-c3ccc(-c4ccccc4)cc3)ccn2)cc(-c2cccc3c2nc(-c2cc(C(C)(C)C)cc(C(C)(C)C)c2O)n3-c2ccc(C)cc2-c2ccccc2)c([2H])c1C(C([2H])([2H])[2H])(C([2H])([2H])[2H])C([2H])([2H])[2H]. The molecule has 0 radical (unpaired) electrons. The maximum atomic E-state index is 12.6. The number of phenols is 1. The fraction of sp³-hybridized carbons (Fsp3) is 0.213. The van der Waals surface area contributed by atoms with Gasteiger partial charge in [0, 0.05) is 40.8 Å². The number of hydrogen-bond acceptors (Lipinski definition) is 3. The normalized spacial score (nSPS) is 15.3. The highest BCUT2D eigenvalue weighted by Crippen LogP contribution is 2.46. The van der Waals surface area contributed by atoms with E-state index in [2.05, 4.69) is 31.8 Å². The van der Waals surface area contributed by atoms with Gasteiger partial charge in [-0.2, -0.15) is 0 Å². The van der Waals surface area contributed by atoms with Crippen LogP contribution in [0.5, 0.6) is 5.75 Å². The average Bonchev–Trinajstić information content (AvgIpc) is 3.87.